The molecule has 0 unspecified atom stereocenters. The largest absolute Gasteiger partial charge is 0.474 e. The molecule has 0 aliphatic heterocycles. The quantitative estimate of drug-likeness (QED) is 0.582. The van der Waals surface area contributed by atoms with Gasteiger partial charge in [-0.2, -0.15) is 0 Å². The summed E-state index contributed by atoms with van der Waals surface area (Å²) in [5.41, 5.74) is 7.36. The normalized spacial score (nSPS) is 11.7. The van der Waals surface area contributed by atoms with Gasteiger partial charge in [0.05, 0.1) is 19.8 Å². The third-order valence-electron chi connectivity index (χ3n) is 2.19. The van der Waals surface area contributed by atoms with Gasteiger partial charge < -0.3 is 5.73 Å². The SMILES string of the molecule is CCOP(=O)(OCC)OCCc1ccc(N)cc1. The number of benzene rings is 1. The first-order valence-corrected chi connectivity index (χ1v) is 7.43. The van der Waals surface area contributed by atoms with Crippen molar-refractivity contribution >= 4 is 13.5 Å². The average molecular weight is 273 g/mol. The van der Waals surface area contributed by atoms with Gasteiger partial charge in [-0.05, 0) is 38.0 Å². The molecule has 0 bridgehead atoms. The number of phosphoric ester groups is 1. The van der Waals surface area contributed by atoms with Crippen molar-refractivity contribution in [2.45, 2.75) is 20.3 Å². The Morgan fingerprint density at radius 2 is 1.61 bits per heavy atom. The van der Waals surface area contributed by atoms with Crippen LogP contribution in [0.2, 0.25) is 0 Å². The van der Waals surface area contributed by atoms with Gasteiger partial charge in [0.2, 0.25) is 0 Å². The summed E-state index contributed by atoms with van der Waals surface area (Å²) in [5.74, 6) is 0. The van der Waals surface area contributed by atoms with Gasteiger partial charge in [0.1, 0.15) is 0 Å². The van der Waals surface area contributed by atoms with E-state index in [1.807, 2.05) is 24.3 Å². The zero-order chi connectivity index (χ0) is 13.4. The van der Waals surface area contributed by atoms with Crippen molar-refractivity contribution in [2.24, 2.45) is 0 Å². The van der Waals surface area contributed by atoms with Crippen molar-refractivity contribution in [3.63, 3.8) is 0 Å². The third kappa shape index (κ3) is 5.19. The van der Waals surface area contributed by atoms with Gasteiger partial charge in [0.25, 0.3) is 0 Å². The lowest BCUT2D eigenvalue weighted by molar-refractivity contribution is 0.122. The molecule has 0 saturated heterocycles. The number of nitrogen functional groups attached to an aromatic ring is 1. The molecule has 18 heavy (non-hydrogen) atoms. The van der Waals surface area contributed by atoms with Crippen LogP contribution >= 0.6 is 7.82 Å². The minimum atomic E-state index is -3.39. The molecule has 1 aromatic carbocycles. The summed E-state index contributed by atoms with van der Waals surface area (Å²) in [6.45, 7) is 4.35. The molecule has 0 aliphatic rings. The molecule has 6 heteroatoms. The molecule has 0 amide bonds. The molecule has 5 nitrogen and oxygen atoms in total. The van der Waals surface area contributed by atoms with E-state index in [2.05, 4.69) is 0 Å². The maximum atomic E-state index is 12.0. The lowest BCUT2D eigenvalue weighted by atomic mass is 10.1. The first-order valence-electron chi connectivity index (χ1n) is 5.97. The fraction of sp³-hybridized carbons (Fsp3) is 0.500. The van der Waals surface area contributed by atoms with Crippen LogP contribution in [-0.4, -0.2) is 19.8 Å². The minimum absolute atomic E-state index is 0.279. The summed E-state index contributed by atoms with van der Waals surface area (Å²) in [6.07, 6.45) is 0.629. The lowest BCUT2D eigenvalue weighted by Crippen LogP contribution is -2.03. The summed E-state index contributed by atoms with van der Waals surface area (Å²) in [7, 11) is -3.39. The Morgan fingerprint density at radius 3 is 2.11 bits per heavy atom. The highest BCUT2D eigenvalue weighted by Crippen LogP contribution is 2.49. The Labute approximate surface area is 108 Å². The summed E-state index contributed by atoms with van der Waals surface area (Å²) in [6, 6.07) is 7.45. The molecule has 0 spiro atoms. The van der Waals surface area contributed by atoms with Gasteiger partial charge in [-0.25, -0.2) is 4.57 Å². The van der Waals surface area contributed by atoms with Gasteiger partial charge in [-0.1, -0.05) is 12.1 Å². The summed E-state index contributed by atoms with van der Waals surface area (Å²) < 4.78 is 27.2. The Hall–Kier alpha value is -0.870. The fourth-order valence-corrected chi connectivity index (χ4v) is 2.56. The topological polar surface area (TPSA) is 70.8 Å². The predicted octanol–water partition coefficient (Wildman–Crippen LogP) is 3.01. The highest BCUT2D eigenvalue weighted by atomic mass is 31.2. The highest BCUT2D eigenvalue weighted by Gasteiger charge is 2.24. The number of nitrogens with two attached hydrogens (primary N) is 1. The minimum Gasteiger partial charge on any atom is -0.399 e. The Balaban J connectivity index is 2.43. The molecule has 2 N–H and O–H groups in total. The molecule has 102 valence electrons. The summed E-state index contributed by atoms with van der Waals surface area (Å²) in [4.78, 5) is 0. The molecule has 1 aromatic rings. The predicted molar refractivity (Wildman–Crippen MR) is 71.4 cm³/mol. The molecular formula is C12H20NO4P. The van der Waals surface area contributed by atoms with Crippen molar-refractivity contribution in [1.82, 2.24) is 0 Å². The zero-order valence-electron chi connectivity index (χ0n) is 10.8. The molecule has 0 heterocycles. The molecule has 0 fully saturated rings. The lowest BCUT2D eigenvalue weighted by Gasteiger charge is -2.16. The van der Waals surface area contributed by atoms with Crippen LogP contribution in [0.5, 0.6) is 0 Å². The van der Waals surface area contributed by atoms with Gasteiger partial charge in [0.15, 0.2) is 0 Å². The van der Waals surface area contributed by atoms with E-state index in [4.69, 9.17) is 19.3 Å². The van der Waals surface area contributed by atoms with Crippen molar-refractivity contribution in [3.8, 4) is 0 Å². The van der Waals surface area contributed by atoms with Crippen LogP contribution in [0.15, 0.2) is 24.3 Å². The Bertz CT molecular complexity index is 384. The van der Waals surface area contributed by atoms with E-state index in [-0.39, 0.29) is 6.61 Å². The van der Waals surface area contributed by atoms with E-state index in [0.29, 0.717) is 25.3 Å². The third-order valence-corrected chi connectivity index (χ3v) is 3.84. The molecule has 1 rings (SSSR count). The van der Waals surface area contributed by atoms with E-state index in [0.717, 1.165) is 5.56 Å². The summed E-state index contributed by atoms with van der Waals surface area (Å²) >= 11 is 0. The van der Waals surface area contributed by atoms with E-state index >= 15 is 0 Å². The smallest absolute Gasteiger partial charge is 0.399 e. The highest BCUT2D eigenvalue weighted by molar-refractivity contribution is 7.48. The second-order valence-electron chi connectivity index (χ2n) is 3.61. The van der Waals surface area contributed by atoms with Gasteiger partial charge in [-0.15, -0.1) is 0 Å². The monoisotopic (exact) mass is 273 g/mol. The number of hydrogen-bond acceptors (Lipinski definition) is 5. The van der Waals surface area contributed by atoms with Crippen molar-refractivity contribution in [2.75, 3.05) is 25.6 Å². The van der Waals surface area contributed by atoms with E-state index < -0.39 is 7.82 Å². The molecule has 0 aromatic heterocycles. The molecule has 0 saturated carbocycles. The van der Waals surface area contributed by atoms with Crippen LogP contribution in [0.1, 0.15) is 19.4 Å². The van der Waals surface area contributed by atoms with Gasteiger partial charge in [-0.3, -0.25) is 13.6 Å². The van der Waals surface area contributed by atoms with Crippen LogP contribution < -0.4 is 5.73 Å². The maximum absolute atomic E-state index is 12.0. The standard InChI is InChI=1S/C12H20NO4P/c1-3-15-18(14,16-4-2)17-10-9-11-5-7-12(13)8-6-11/h5-8H,3-4,9-10,13H2,1-2H3. The number of phosphoric acid groups is 1. The van der Waals surface area contributed by atoms with Crippen LogP contribution in [-0.2, 0) is 24.6 Å². The number of anilines is 1. The zero-order valence-corrected chi connectivity index (χ0v) is 11.7. The second-order valence-corrected chi connectivity index (χ2v) is 5.28. The van der Waals surface area contributed by atoms with Gasteiger partial charge >= 0.3 is 7.82 Å². The Kier molecular flexibility index (Phi) is 6.36. The number of rotatable bonds is 8. The van der Waals surface area contributed by atoms with Crippen LogP contribution in [0.3, 0.4) is 0 Å². The van der Waals surface area contributed by atoms with Crippen LogP contribution in [0, 0.1) is 0 Å². The van der Waals surface area contributed by atoms with Crippen LogP contribution in [0.25, 0.3) is 0 Å². The van der Waals surface area contributed by atoms with Crippen molar-refractivity contribution < 1.29 is 18.1 Å². The molecule has 0 aliphatic carbocycles. The average Bonchev–Trinajstić information content (AvgIpc) is 2.32. The van der Waals surface area contributed by atoms with E-state index in [1.165, 1.54) is 0 Å². The molecule has 0 atom stereocenters. The van der Waals surface area contributed by atoms with Crippen molar-refractivity contribution in [3.05, 3.63) is 29.8 Å². The van der Waals surface area contributed by atoms with Crippen LogP contribution in [0.4, 0.5) is 5.69 Å². The first-order chi connectivity index (χ1) is 8.59. The van der Waals surface area contributed by atoms with Crippen molar-refractivity contribution in [1.29, 1.82) is 0 Å². The number of hydrogen-bond donors (Lipinski definition) is 1. The van der Waals surface area contributed by atoms with Gasteiger partial charge in [0, 0.05) is 5.69 Å². The fourth-order valence-electron chi connectivity index (χ4n) is 1.39. The summed E-state index contributed by atoms with van der Waals surface area (Å²) in [5, 5.41) is 0. The maximum Gasteiger partial charge on any atom is 0.474 e. The second kappa shape index (κ2) is 7.54. The molecular weight excluding hydrogens is 253 g/mol. The first kappa shape index (κ1) is 15.2. The van der Waals surface area contributed by atoms with E-state index in [1.54, 1.807) is 13.8 Å². The molecule has 0 radical (unpaired) electrons. The Morgan fingerprint density at radius 1 is 1.06 bits per heavy atom. The van der Waals surface area contributed by atoms with E-state index in [9.17, 15) is 4.57 Å².